The van der Waals surface area contributed by atoms with Gasteiger partial charge in [0, 0.05) is 22.7 Å². The standard InChI is InChI=1S/C11H15ClN2O2/c1-7-6-13-10(5-4-8(2)12)9(3)11(7)14(15)16/h6,8H,4-5H2,1-3H3. The lowest BCUT2D eigenvalue weighted by molar-refractivity contribution is -0.386. The van der Waals surface area contributed by atoms with Crippen LogP contribution < -0.4 is 0 Å². The van der Waals surface area contributed by atoms with Crippen LogP contribution in [-0.2, 0) is 6.42 Å². The van der Waals surface area contributed by atoms with E-state index in [1.807, 2.05) is 6.92 Å². The van der Waals surface area contributed by atoms with Crippen molar-refractivity contribution >= 4 is 17.3 Å². The second-order valence-electron chi connectivity index (χ2n) is 3.94. The van der Waals surface area contributed by atoms with Crippen molar-refractivity contribution in [2.24, 2.45) is 0 Å². The van der Waals surface area contributed by atoms with Gasteiger partial charge in [0.15, 0.2) is 0 Å². The van der Waals surface area contributed by atoms with Crippen LogP contribution in [0.5, 0.6) is 0 Å². The summed E-state index contributed by atoms with van der Waals surface area (Å²) in [7, 11) is 0. The first kappa shape index (κ1) is 12.9. The van der Waals surface area contributed by atoms with Crippen LogP contribution >= 0.6 is 11.6 Å². The number of rotatable bonds is 4. The SMILES string of the molecule is Cc1cnc(CCC(C)Cl)c(C)c1[N+](=O)[O-]. The minimum Gasteiger partial charge on any atom is -0.260 e. The average Bonchev–Trinajstić information content (AvgIpc) is 2.15. The Morgan fingerprint density at radius 3 is 2.69 bits per heavy atom. The van der Waals surface area contributed by atoms with Crippen LogP contribution in [0.4, 0.5) is 5.69 Å². The molecule has 1 unspecified atom stereocenters. The van der Waals surface area contributed by atoms with E-state index in [1.54, 1.807) is 20.0 Å². The summed E-state index contributed by atoms with van der Waals surface area (Å²) in [6.45, 7) is 5.35. The summed E-state index contributed by atoms with van der Waals surface area (Å²) < 4.78 is 0. The molecule has 0 aliphatic carbocycles. The lowest BCUT2D eigenvalue weighted by Crippen LogP contribution is -2.04. The fourth-order valence-corrected chi connectivity index (χ4v) is 1.74. The number of nitro groups is 1. The van der Waals surface area contributed by atoms with Crippen LogP contribution in [-0.4, -0.2) is 15.3 Å². The van der Waals surface area contributed by atoms with E-state index in [1.165, 1.54) is 0 Å². The molecule has 0 saturated carbocycles. The Kier molecular flexibility index (Phi) is 4.24. The van der Waals surface area contributed by atoms with Crippen molar-refractivity contribution in [1.82, 2.24) is 4.98 Å². The van der Waals surface area contributed by atoms with Crippen LogP contribution in [0.25, 0.3) is 0 Å². The van der Waals surface area contributed by atoms with E-state index >= 15 is 0 Å². The molecule has 0 spiro atoms. The maximum absolute atomic E-state index is 10.9. The molecule has 0 fully saturated rings. The molecule has 0 aliphatic heterocycles. The third kappa shape index (κ3) is 2.92. The van der Waals surface area contributed by atoms with Gasteiger partial charge in [-0.25, -0.2) is 0 Å². The summed E-state index contributed by atoms with van der Waals surface area (Å²) in [5, 5.41) is 10.9. The van der Waals surface area contributed by atoms with Gasteiger partial charge in [0.25, 0.3) is 5.69 Å². The number of aryl methyl sites for hydroxylation is 2. The number of aromatic nitrogens is 1. The Balaban J connectivity index is 3.04. The van der Waals surface area contributed by atoms with Gasteiger partial charge in [-0.05, 0) is 33.6 Å². The van der Waals surface area contributed by atoms with E-state index in [2.05, 4.69) is 4.98 Å². The Labute approximate surface area is 99.8 Å². The summed E-state index contributed by atoms with van der Waals surface area (Å²) in [5.41, 5.74) is 2.20. The maximum Gasteiger partial charge on any atom is 0.278 e. The van der Waals surface area contributed by atoms with E-state index in [4.69, 9.17) is 11.6 Å². The van der Waals surface area contributed by atoms with Crippen LogP contribution in [0, 0.1) is 24.0 Å². The van der Waals surface area contributed by atoms with Crippen LogP contribution in [0.2, 0.25) is 0 Å². The molecule has 1 atom stereocenters. The predicted octanol–water partition coefficient (Wildman–Crippen LogP) is 3.17. The maximum atomic E-state index is 10.9. The predicted molar refractivity (Wildman–Crippen MR) is 64.0 cm³/mol. The second-order valence-corrected chi connectivity index (χ2v) is 4.68. The molecular weight excluding hydrogens is 228 g/mol. The highest BCUT2D eigenvalue weighted by molar-refractivity contribution is 6.20. The van der Waals surface area contributed by atoms with Crippen molar-refractivity contribution < 1.29 is 4.92 Å². The summed E-state index contributed by atoms with van der Waals surface area (Å²) >= 11 is 5.85. The summed E-state index contributed by atoms with van der Waals surface area (Å²) in [5.74, 6) is 0. The van der Waals surface area contributed by atoms with Gasteiger partial charge in [-0.2, -0.15) is 0 Å². The molecule has 1 rings (SSSR count). The first-order valence-corrected chi connectivity index (χ1v) is 5.60. The number of nitrogens with zero attached hydrogens (tertiary/aromatic N) is 2. The highest BCUT2D eigenvalue weighted by Crippen LogP contribution is 2.25. The third-order valence-corrected chi connectivity index (χ3v) is 2.76. The molecule has 88 valence electrons. The van der Waals surface area contributed by atoms with Crippen molar-refractivity contribution in [3.63, 3.8) is 0 Å². The van der Waals surface area contributed by atoms with Gasteiger partial charge in [-0.1, -0.05) is 0 Å². The van der Waals surface area contributed by atoms with E-state index in [0.717, 1.165) is 12.1 Å². The van der Waals surface area contributed by atoms with Gasteiger partial charge >= 0.3 is 0 Å². The number of pyridine rings is 1. The molecule has 0 bridgehead atoms. The lowest BCUT2D eigenvalue weighted by Gasteiger charge is -2.08. The average molecular weight is 243 g/mol. The Bertz CT molecular complexity index is 405. The molecule has 4 nitrogen and oxygen atoms in total. The zero-order chi connectivity index (χ0) is 12.3. The second kappa shape index (κ2) is 5.25. The normalized spacial score (nSPS) is 12.5. The quantitative estimate of drug-likeness (QED) is 0.463. The number of hydrogen-bond donors (Lipinski definition) is 0. The topological polar surface area (TPSA) is 56.0 Å². The highest BCUT2D eigenvalue weighted by atomic mass is 35.5. The van der Waals surface area contributed by atoms with Gasteiger partial charge in [-0.15, -0.1) is 11.6 Å². The summed E-state index contributed by atoms with van der Waals surface area (Å²) in [4.78, 5) is 14.8. The van der Waals surface area contributed by atoms with Gasteiger partial charge in [0.05, 0.1) is 10.6 Å². The molecule has 0 amide bonds. The van der Waals surface area contributed by atoms with Crippen molar-refractivity contribution in [1.29, 1.82) is 0 Å². The summed E-state index contributed by atoms with van der Waals surface area (Å²) in [6, 6.07) is 0. The molecule has 5 heteroatoms. The minimum absolute atomic E-state index is 0.0570. The third-order valence-electron chi connectivity index (χ3n) is 2.54. The molecule has 0 saturated heterocycles. The Morgan fingerprint density at radius 1 is 1.56 bits per heavy atom. The van der Waals surface area contributed by atoms with Crippen LogP contribution in [0.1, 0.15) is 30.2 Å². The zero-order valence-electron chi connectivity index (χ0n) is 9.66. The minimum atomic E-state index is -0.347. The van der Waals surface area contributed by atoms with Crippen molar-refractivity contribution in [3.05, 3.63) is 33.1 Å². The largest absolute Gasteiger partial charge is 0.278 e. The molecule has 0 radical (unpaired) electrons. The molecule has 16 heavy (non-hydrogen) atoms. The molecule has 0 aliphatic rings. The first-order chi connectivity index (χ1) is 7.43. The van der Waals surface area contributed by atoms with Gasteiger partial charge in [-0.3, -0.25) is 15.1 Å². The Morgan fingerprint density at radius 2 is 2.19 bits per heavy atom. The van der Waals surface area contributed by atoms with E-state index in [0.29, 0.717) is 17.5 Å². The van der Waals surface area contributed by atoms with E-state index in [9.17, 15) is 10.1 Å². The fraction of sp³-hybridized carbons (Fsp3) is 0.545. The zero-order valence-corrected chi connectivity index (χ0v) is 10.4. The molecular formula is C11H15ClN2O2. The number of alkyl halides is 1. The van der Waals surface area contributed by atoms with Crippen molar-refractivity contribution in [3.8, 4) is 0 Å². The fourth-order valence-electron chi connectivity index (χ4n) is 1.63. The van der Waals surface area contributed by atoms with Crippen LogP contribution in [0.15, 0.2) is 6.20 Å². The smallest absolute Gasteiger partial charge is 0.260 e. The molecule has 1 aromatic rings. The van der Waals surface area contributed by atoms with Crippen molar-refractivity contribution in [2.45, 2.75) is 39.0 Å². The molecule has 1 aromatic heterocycles. The number of halogens is 1. The molecule has 0 aromatic carbocycles. The first-order valence-electron chi connectivity index (χ1n) is 5.17. The molecule has 0 N–H and O–H groups in total. The van der Waals surface area contributed by atoms with Crippen LogP contribution in [0.3, 0.4) is 0 Å². The van der Waals surface area contributed by atoms with Gasteiger partial charge in [0.2, 0.25) is 0 Å². The lowest BCUT2D eigenvalue weighted by atomic mass is 10.1. The molecule has 1 heterocycles. The van der Waals surface area contributed by atoms with E-state index < -0.39 is 0 Å². The highest BCUT2D eigenvalue weighted by Gasteiger charge is 2.18. The van der Waals surface area contributed by atoms with Gasteiger partial charge in [0.1, 0.15) is 0 Å². The monoisotopic (exact) mass is 242 g/mol. The number of hydrogen-bond acceptors (Lipinski definition) is 3. The Hall–Kier alpha value is -1.16. The van der Waals surface area contributed by atoms with Gasteiger partial charge < -0.3 is 0 Å². The van der Waals surface area contributed by atoms with E-state index in [-0.39, 0.29) is 16.0 Å². The van der Waals surface area contributed by atoms with Crippen molar-refractivity contribution in [2.75, 3.05) is 0 Å². The summed E-state index contributed by atoms with van der Waals surface area (Å²) in [6.07, 6.45) is 3.01.